The predicted molar refractivity (Wildman–Crippen MR) is 43.0 cm³/mol. The van der Waals surface area contributed by atoms with E-state index in [1.165, 1.54) is 7.85 Å². The lowest BCUT2D eigenvalue weighted by Crippen LogP contribution is -2.44. The quantitative estimate of drug-likeness (QED) is 0.356. The van der Waals surface area contributed by atoms with Gasteiger partial charge in [0.1, 0.15) is 20.1 Å². The summed E-state index contributed by atoms with van der Waals surface area (Å²) in [5.74, 6) is 2.08. The molecule has 1 fully saturated rings. The summed E-state index contributed by atoms with van der Waals surface area (Å²) in [6.07, 6.45) is 2.06. The summed E-state index contributed by atoms with van der Waals surface area (Å²) in [4.78, 5) is 0. The molecule has 12 heavy (non-hydrogen) atoms. The van der Waals surface area contributed by atoms with Crippen molar-refractivity contribution < 1.29 is 19.3 Å². The highest BCUT2D eigenvalue weighted by atomic mass is 19.1. The normalized spacial score (nSPS) is 47.3. The fraction of sp³-hybridized carbons (Fsp3) is 0.714. The Hall–Kier alpha value is -0.565. The van der Waals surface area contributed by atoms with Crippen LogP contribution in [0.3, 0.4) is 0 Å². The number of halogens is 1. The van der Waals surface area contributed by atoms with Crippen LogP contribution < -0.4 is 0 Å². The summed E-state index contributed by atoms with van der Waals surface area (Å²) >= 11 is 0. The van der Waals surface area contributed by atoms with E-state index in [0.717, 1.165) is 0 Å². The fourth-order valence-corrected chi connectivity index (χ4v) is 1.28. The van der Waals surface area contributed by atoms with E-state index in [9.17, 15) is 9.50 Å². The van der Waals surface area contributed by atoms with Crippen LogP contribution in [0.5, 0.6) is 0 Å². The molecule has 3 nitrogen and oxygen atoms in total. The Balaban J connectivity index is 2.89. The number of hydrogen-bond donors (Lipinski definition) is 2. The number of aliphatic hydroxyl groups excluding tert-OH is 2. The molecule has 0 saturated carbocycles. The van der Waals surface area contributed by atoms with E-state index in [1.807, 2.05) is 0 Å². The maximum Gasteiger partial charge on any atom is 0.179 e. The van der Waals surface area contributed by atoms with Crippen molar-refractivity contribution in [2.24, 2.45) is 0 Å². The Labute approximate surface area is 70.9 Å². The van der Waals surface area contributed by atoms with Gasteiger partial charge in [0.25, 0.3) is 0 Å². The first kappa shape index (κ1) is 9.52. The van der Waals surface area contributed by atoms with Crippen molar-refractivity contribution in [3.05, 3.63) is 0 Å². The first-order valence-electron chi connectivity index (χ1n) is 3.66. The zero-order chi connectivity index (χ0) is 9.35. The fourth-order valence-electron chi connectivity index (χ4n) is 1.28. The molecule has 1 aliphatic heterocycles. The summed E-state index contributed by atoms with van der Waals surface area (Å²) in [5, 5.41) is 18.1. The Morgan fingerprint density at radius 1 is 1.75 bits per heavy atom. The van der Waals surface area contributed by atoms with Gasteiger partial charge in [0, 0.05) is 0 Å². The largest absolute Gasteiger partial charge is 0.392 e. The Kier molecular flexibility index (Phi) is 2.42. The van der Waals surface area contributed by atoms with Gasteiger partial charge in [-0.25, -0.2) is 4.39 Å². The van der Waals surface area contributed by atoms with E-state index in [-0.39, 0.29) is 0 Å². The van der Waals surface area contributed by atoms with E-state index in [2.05, 4.69) is 5.92 Å². The van der Waals surface area contributed by atoms with Crippen molar-refractivity contribution in [2.45, 2.75) is 23.9 Å². The summed E-state index contributed by atoms with van der Waals surface area (Å²) in [5.41, 5.74) is -1.56. The van der Waals surface area contributed by atoms with E-state index in [1.54, 1.807) is 0 Å². The monoisotopic (exact) mass is 172 g/mol. The van der Waals surface area contributed by atoms with E-state index in [4.69, 9.17) is 16.3 Å². The highest BCUT2D eigenvalue weighted by Gasteiger charge is 2.52. The summed E-state index contributed by atoms with van der Waals surface area (Å²) in [6.45, 7) is -0.574. The average molecular weight is 172 g/mol. The number of hydrogen-bond acceptors (Lipinski definition) is 3. The maximum absolute atomic E-state index is 13.0. The van der Waals surface area contributed by atoms with Crippen LogP contribution in [0.4, 0.5) is 4.39 Å². The van der Waals surface area contributed by atoms with Crippen molar-refractivity contribution in [3.63, 3.8) is 0 Å². The Morgan fingerprint density at radius 3 is 2.50 bits per heavy atom. The maximum atomic E-state index is 13.0. The minimum absolute atomic E-state index is 0.574. The van der Waals surface area contributed by atoms with Crippen molar-refractivity contribution in [3.8, 4) is 12.3 Å². The van der Waals surface area contributed by atoms with Crippen LogP contribution in [0.2, 0.25) is 0 Å². The van der Waals surface area contributed by atoms with Gasteiger partial charge >= 0.3 is 0 Å². The second-order valence-corrected chi connectivity index (χ2v) is 2.90. The lowest BCUT2D eigenvalue weighted by Gasteiger charge is -2.23. The van der Waals surface area contributed by atoms with Crippen LogP contribution in [0.25, 0.3) is 0 Å². The summed E-state index contributed by atoms with van der Waals surface area (Å²) in [7, 11) is 1.46. The van der Waals surface area contributed by atoms with Gasteiger partial charge in [-0.2, -0.15) is 0 Å². The van der Waals surface area contributed by atoms with Crippen molar-refractivity contribution in [2.75, 3.05) is 6.61 Å². The van der Waals surface area contributed by atoms with Gasteiger partial charge < -0.3 is 14.9 Å². The second-order valence-electron chi connectivity index (χ2n) is 2.90. The first-order chi connectivity index (χ1) is 5.57. The molecule has 0 aliphatic carbocycles. The minimum Gasteiger partial charge on any atom is -0.392 e. The highest BCUT2D eigenvalue weighted by Crippen LogP contribution is 2.30. The molecular weight excluding hydrogens is 162 g/mol. The molecule has 0 amide bonds. The van der Waals surface area contributed by atoms with E-state index >= 15 is 0 Å². The summed E-state index contributed by atoms with van der Waals surface area (Å²) < 4.78 is 18.0. The smallest absolute Gasteiger partial charge is 0.179 e. The molecule has 5 heteroatoms. The predicted octanol–water partition coefficient (Wildman–Crippen LogP) is -1.96. The molecule has 1 rings (SSSR count). The molecule has 4 atom stereocenters. The first-order valence-corrected chi connectivity index (χ1v) is 3.66. The van der Waals surface area contributed by atoms with Gasteiger partial charge in [0.05, 0.1) is 12.6 Å². The molecule has 0 radical (unpaired) electrons. The standard InChI is InChI=1S/C7H10BFO3/c1-2-7(3-10)5(11)4(9)6(8)12-7/h1,4-6,10-11H,3,8H2/t4-,5+,6-,7-/m1/s1. The zero-order valence-electron chi connectivity index (χ0n) is 6.70. The third-order valence-corrected chi connectivity index (χ3v) is 2.10. The molecular formula is C7H10BFO3. The molecule has 66 valence electrons. The molecule has 0 aromatic carbocycles. The second kappa shape index (κ2) is 3.06. The van der Waals surface area contributed by atoms with Crippen LogP contribution in [0.15, 0.2) is 0 Å². The Morgan fingerprint density at radius 2 is 2.33 bits per heavy atom. The van der Waals surface area contributed by atoms with Crippen LogP contribution in [0, 0.1) is 12.3 Å². The molecule has 1 heterocycles. The highest BCUT2D eigenvalue weighted by molar-refractivity contribution is 6.11. The molecule has 1 aliphatic rings. The minimum atomic E-state index is -1.56. The molecule has 0 aromatic rings. The molecule has 2 N–H and O–H groups in total. The van der Waals surface area contributed by atoms with Crippen LogP contribution in [0.1, 0.15) is 0 Å². The zero-order valence-corrected chi connectivity index (χ0v) is 6.70. The lowest BCUT2D eigenvalue weighted by atomic mass is 9.91. The number of rotatable bonds is 1. The average Bonchev–Trinajstić information content (AvgIpc) is 2.30. The van der Waals surface area contributed by atoms with Crippen LogP contribution in [-0.4, -0.2) is 48.5 Å². The number of ether oxygens (including phenoxy) is 1. The van der Waals surface area contributed by atoms with Gasteiger partial charge in [0.15, 0.2) is 5.60 Å². The molecule has 0 unspecified atom stereocenters. The third kappa shape index (κ3) is 1.12. The molecule has 0 spiro atoms. The number of aliphatic hydroxyl groups is 2. The van der Waals surface area contributed by atoms with Gasteiger partial charge in [-0.1, -0.05) is 5.92 Å². The SMILES string of the molecule is B[C@@H]1O[C@](C#C)(CO)[C@@H](O)[C@H]1F. The summed E-state index contributed by atoms with van der Waals surface area (Å²) in [6, 6.07) is -0.775. The molecule has 0 aromatic heterocycles. The van der Waals surface area contributed by atoms with E-state index < -0.39 is 30.5 Å². The van der Waals surface area contributed by atoms with Gasteiger partial charge in [-0.05, 0) is 0 Å². The lowest BCUT2D eigenvalue weighted by molar-refractivity contribution is -0.0569. The molecule has 0 bridgehead atoms. The van der Waals surface area contributed by atoms with Crippen LogP contribution >= 0.6 is 0 Å². The Bertz CT molecular complexity index is 217. The van der Waals surface area contributed by atoms with Crippen LogP contribution in [-0.2, 0) is 4.74 Å². The number of alkyl halides is 1. The third-order valence-electron chi connectivity index (χ3n) is 2.10. The molecule has 1 saturated heterocycles. The van der Waals surface area contributed by atoms with Crippen molar-refractivity contribution in [1.82, 2.24) is 0 Å². The van der Waals surface area contributed by atoms with E-state index in [0.29, 0.717) is 0 Å². The van der Waals surface area contributed by atoms with Crippen molar-refractivity contribution >= 4 is 7.85 Å². The van der Waals surface area contributed by atoms with Crippen molar-refractivity contribution in [1.29, 1.82) is 0 Å². The van der Waals surface area contributed by atoms with Gasteiger partial charge in [-0.15, -0.1) is 6.42 Å². The topological polar surface area (TPSA) is 49.7 Å². The number of terminal acetylenes is 1. The van der Waals surface area contributed by atoms with Gasteiger partial charge in [0.2, 0.25) is 0 Å². The van der Waals surface area contributed by atoms with Gasteiger partial charge in [-0.3, -0.25) is 0 Å².